The molecule has 0 unspecified atom stereocenters. The number of methoxy groups -OCH3 is 1. The van der Waals surface area contributed by atoms with Crippen LogP contribution < -0.4 is 20.1 Å². The van der Waals surface area contributed by atoms with E-state index in [9.17, 15) is 14.4 Å². The summed E-state index contributed by atoms with van der Waals surface area (Å²) < 4.78 is 16.3. The lowest BCUT2D eigenvalue weighted by Crippen LogP contribution is -2.30. The average Bonchev–Trinajstić information content (AvgIpc) is 3.37. The van der Waals surface area contributed by atoms with Gasteiger partial charge in [-0.2, -0.15) is 0 Å². The maximum absolute atomic E-state index is 13.1. The van der Waals surface area contributed by atoms with Crippen molar-refractivity contribution in [3.63, 3.8) is 0 Å². The van der Waals surface area contributed by atoms with E-state index in [1.165, 1.54) is 18.4 Å². The number of aryl methyl sites for hydroxylation is 1. The van der Waals surface area contributed by atoms with E-state index in [1.54, 1.807) is 56.3 Å². The maximum atomic E-state index is 13.1. The third-order valence-electron chi connectivity index (χ3n) is 6.08. The minimum Gasteiger partial charge on any atom is -0.495 e. The van der Waals surface area contributed by atoms with E-state index in [2.05, 4.69) is 10.6 Å². The van der Waals surface area contributed by atoms with E-state index < -0.39 is 23.9 Å². The van der Waals surface area contributed by atoms with Crippen molar-refractivity contribution in [2.24, 2.45) is 0 Å². The summed E-state index contributed by atoms with van der Waals surface area (Å²) in [5.41, 5.74) is 3.72. The van der Waals surface area contributed by atoms with Crippen LogP contribution in [0.5, 0.6) is 11.5 Å². The third-order valence-corrected chi connectivity index (χ3v) is 7.21. The zero-order chi connectivity index (χ0) is 29.5. The molecule has 2 N–H and O–H groups in total. The van der Waals surface area contributed by atoms with Gasteiger partial charge in [0.15, 0.2) is 6.10 Å². The molecule has 4 rings (SSSR count). The summed E-state index contributed by atoms with van der Waals surface area (Å²) in [6.45, 7) is 5.53. The van der Waals surface area contributed by atoms with Crippen LogP contribution in [0.25, 0.3) is 11.1 Å². The molecule has 0 aliphatic carbocycles. The Morgan fingerprint density at radius 3 is 2.34 bits per heavy atom. The van der Waals surface area contributed by atoms with E-state index in [4.69, 9.17) is 25.8 Å². The highest BCUT2D eigenvalue weighted by molar-refractivity contribution is 7.15. The molecule has 0 saturated heterocycles. The van der Waals surface area contributed by atoms with Crippen LogP contribution in [-0.2, 0) is 9.53 Å². The predicted octanol–water partition coefficient (Wildman–Crippen LogP) is 7.22. The number of amides is 2. The zero-order valence-corrected chi connectivity index (χ0v) is 24.5. The molecule has 212 valence electrons. The molecule has 0 aliphatic rings. The molecule has 0 aliphatic heterocycles. The summed E-state index contributed by atoms with van der Waals surface area (Å²) in [4.78, 5) is 38.6. The number of thiophene rings is 1. The number of hydrogen-bond acceptors (Lipinski definition) is 7. The summed E-state index contributed by atoms with van der Waals surface area (Å²) in [5.74, 6) is -0.453. The van der Waals surface area contributed by atoms with Crippen LogP contribution in [0.2, 0.25) is 5.02 Å². The monoisotopic (exact) mass is 592 g/mol. The van der Waals surface area contributed by atoms with Crippen LogP contribution in [0.15, 0.2) is 72.1 Å². The standard InChI is InChI=1S/C31H29ClN2O6S/c1-5-39-31(37)27-24(20-8-6-18(2)7-9-20)17-41-30(27)34-29(36)21-10-13-23(14-11-21)40-19(3)28(35)33-25-16-22(32)12-15-26(25)38-4/h6-17,19H,5H2,1-4H3,(H,33,35)(H,34,36)/t19-/m0/s1. The minimum atomic E-state index is -0.850. The summed E-state index contributed by atoms with van der Waals surface area (Å²) in [7, 11) is 1.50. The fourth-order valence-electron chi connectivity index (χ4n) is 3.93. The first-order valence-corrected chi connectivity index (χ1v) is 14.0. The first kappa shape index (κ1) is 29.6. The Balaban J connectivity index is 1.45. The number of carbonyl (C=O) groups is 3. The summed E-state index contributed by atoms with van der Waals surface area (Å²) >= 11 is 7.29. The van der Waals surface area contributed by atoms with Crippen molar-refractivity contribution in [2.75, 3.05) is 24.4 Å². The molecule has 0 fully saturated rings. The Hall–Kier alpha value is -4.34. The van der Waals surface area contributed by atoms with Crippen LogP contribution in [-0.4, -0.2) is 37.6 Å². The molecular weight excluding hydrogens is 564 g/mol. The van der Waals surface area contributed by atoms with E-state index >= 15 is 0 Å². The fourth-order valence-corrected chi connectivity index (χ4v) is 5.06. The minimum absolute atomic E-state index is 0.208. The van der Waals surface area contributed by atoms with Gasteiger partial charge >= 0.3 is 5.97 Å². The second kappa shape index (κ2) is 13.3. The predicted molar refractivity (Wildman–Crippen MR) is 162 cm³/mol. The average molecular weight is 593 g/mol. The lowest BCUT2D eigenvalue weighted by atomic mass is 10.0. The van der Waals surface area contributed by atoms with Crippen molar-refractivity contribution in [3.8, 4) is 22.6 Å². The highest BCUT2D eigenvalue weighted by Gasteiger charge is 2.23. The zero-order valence-electron chi connectivity index (χ0n) is 22.9. The largest absolute Gasteiger partial charge is 0.495 e. The molecule has 3 aromatic carbocycles. The number of carbonyl (C=O) groups excluding carboxylic acids is 3. The molecule has 1 heterocycles. The van der Waals surface area contributed by atoms with Crippen LogP contribution in [0.4, 0.5) is 10.7 Å². The van der Waals surface area contributed by atoms with Crippen LogP contribution >= 0.6 is 22.9 Å². The van der Waals surface area contributed by atoms with Gasteiger partial charge in [-0.05, 0) is 68.8 Å². The fraction of sp³-hybridized carbons (Fsp3) is 0.194. The highest BCUT2D eigenvalue weighted by atomic mass is 35.5. The van der Waals surface area contributed by atoms with Gasteiger partial charge in [0.1, 0.15) is 22.1 Å². The summed E-state index contributed by atoms with van der Waals surface area (Å²) in [5, 5.41) is 8.26. The van der Waals surface area contributed by atoms with Gasteiger partial charge in [0, 0.05) is 21.5 Å². The number of esters is 1. The van der Waals surface area contributed by atoms with Crippen molar-refractivity contribution in [1.82, 2.24) is 0 Å². The molecule has 0 bridgehead atoms. The van der Waals surface area contributed by atoms with Crippen molar-refractivity contribution in [2.45, 2.75) is 26.9 Å². The Morgan fingerprint density at radius 2 is 1.68 bits per heavy atom. The number of anilines is 2. The molecule has 0 saturated carbocycles. The van der Waals surface area contributed by atoms with E-state index in [0.29, 0.717) is 43.9 Å². The van der Waals surface area contributed by atoms with Crippen molar-refractivity contribution in [1.29, 1.82) is 0 Å². The Morgan fingerprint density at radius 1 is 0.976 bits per heavy atom. The molecule has 0 radical (unpaired) electrons. The van der Waals surface area contributed by atoms with E-state index in [-0.39, 0.29) is 6.61 Å². The van der Waals surface area contributed by atoms with Crippen molar-refractivity contribution in [3.05, 3.63) is 93.8 Å². The molecule has 8 nitrogen and oxygen atoms in total. The van der Waals surface area contributed by atoms with Gasteiger partial charge in [0.25, 0.3) is 11.8 Å². The van der Waals surface area contributed by atoms with Gasteiger partial charge in [0.05, 0.1) is 19.4 Å². The quantitative estimate of drug-likeness (QED) is 0.188. The SMILES string of the molecule is CCOC(=O)c1c(-c2ccc(C)cc2)csc1NC(=O)c1ccc(O[C@@H](C)C(=O)Nc2cc(Cl)ccc2OC)cc1. The third kappa shape index (κ3) is 7.25. The van der Waals surface area contributed by atoms with Crippen LogP contribution in [0, 0.1) is 6.92 Å². The maximum Gasteiger partial charge on any atom is 0.341 e. The molecular formula is C31H29ClN2O6S. The van der Waals surface area contributed by atoms with E-state index in [1.807, 2.05) is 36.6 Å². The highest BCUT2D eigenvalue weighted by Crippen LogP contribution is 2.37. The Kier molecular flexibility index (Phi) is 9.65. The first-order valence-electron chi connectivity index (χ1n) is 12.8. The molecule has 2 amide bonds. The van der Waals surface area contributed by atoms with Gasteiger partial charge in [-0.3, -0.25) is 9.59 Å². The van der Waals surface area contributed by atoms with Gasteiger partial charge in [-0.15, -0.1) is 11.3 Å². The van der Waals surface area contributed by atoms with Gasteiger partial charge < -0.3 is 24.8 Å². The smallest absolute Gasteiger partial charge is 0.341 e. The second-order valence-corrected chi connectivity index (χ2v) is 10.3. The Bertz CT molecular complexity index is 1550. The Labute approximate surface area is 247 Å². The molecule has 10 heteroatoms. The first-order chi connectivity index (χ1) is 19.7. The number of benzene rings is 3. The van der Waals surface area contributed by atoms with Crippen molar-refractivity contribution < 1.29 is 28.6 Å². The second-order valence-electron chi connectivity index (χ2n) is 9.01. The lowest BCUT2D eigenvalue weighted by molar-refractivity contribution is -0.122. The lowest BCUT2D eigenvalue weighted by Gasteiger charge is -2.16. The van der Waals surface area contributed by atoms with E-state index in [0.717, 1.165) is 11.1 Å². The summed E-state index contributed by atoms with van der Waals surface area (Å²) in [6, 6.07) is 19.0. The number of ether oxygens (including phenoxy) is 3. The number of rotatable bonds is 10. The van der Waals surface area contributed by atoms with Gasteiger partial charge in [-0.25, -0.2) is 4.79 Å². The molecule has 1 aromatic heterocycles. The normalized spacial score (nSPS) is 11.3. The van der Waals surface area contributed by atoms with Gasteiger partial charge in [-0.1, -0.05) is 41.4 Å². The van der Waals surface area contributed by atoms with Crippen molar-refractivity contribution >= 4 is 51.4 Å². The molecule has 41 heavy (non-hydrogen) atoms. The van der Waals surface area contributed by atoms with Crippen LogP contribution in [0.3, 0.4) is 0 Å². The molecule has 4 aromatic rings. The molecule has 1 atom stereocenters. The molecule has 0 spiro atoms. The number of nitrogens with one attached hydrogen (secondary N) is 2. The number of hydrogen-bond donors (Lipinski definition) is 2. The van der Waals surface area contributed by atoms with Gasteiger partial charge in [0.2, 0.25) is 0 Å². The topological polar surface area (TPSA) is 103 Å². The number of halogens is 1. The van der Waals surface area contributed by atoms with Crippen LogP contribution in [0.1, 0.15) is 40.1 Å². The summed E-state index contributed by atoms with van der Waals surface area (Å²) in [6.07, 6.45) is -0.850.